The highest BCUT2D eigenvalue weighted by Crippen LogP contribution is 2.55. The third-order valence-corrected chi connectivity index (χ3v) is 16.0. The monoisotopic (exact) mass is 889 g/mol. The molecule has 4 heteroatoms. The molecular weight excluding hydrogens is 838 g/mol. The van der Waals surface area contributed by atoms with E-state index in [4.69, 9.17) is 9.47 Å². The summed E-state index contributed by atoms with van der Waals surface area (Å²) in [5.41, 5.74) is 16.4. The van der Waals surface area contributed by atoms with Crippen molar-refractivity contribution < 1.29 is 9.47 Å². The van der Waals surface area contributed by atoms with Crippen LogP contribution in [-0.4, -0.2) is 11.3 Å². The van der Waals surface area contributed by atoms with Gasteiger partial charge in [0.05, 0.1) is 16.7 Å². The summed E-state index contributed by atoms with van der Waals surface area (Å²) < 4.78 is 17.6. The van der Waals surface area contributed by atoms with E-state index in [0.29, 0.717) is 0 Å². The van der Waals surface area contributed by atoms with E-state index in [1.807, 2.05) is 0 Å². The number of rotatable bonds is 2. The third-order valence-electron chi connectivity index (χ3n) is 16.0. The van der Waals surface area contributed by atoms with Gasteiger partial charge in [0.1, 0.15) is 23.0 Å². The van der Waals surface area contributed by atoms with Gasteiger partial charge in [-0.25, -0.2) is 0 Å². The molecule has 3 aliphatic rings. The van der Waals surface area contributed by atoms with Gasteiger partial charge in [0.15, 0.2) is 0 Å². The minimum absolute atomic E-state index is 0.0282. The van der Waals surface area contributed by atoms with Crippen LogP contribution in [0.2, 0.25) is 0 Å². The summed E-state index contributed by atoms with van der Waals surface area (Å²) in [6.45, 7) is 18.5. The largest absolute Gasteiger partial charge is 0.458 e. The molecule has 2 aliphatic heterocycles. The molecule has 0 spiro atoms. The Balaban J connectivity index is 1.15. The highest BCUT2D eigenvalue weighted by Gasteiger charge is 2.47. The van der Waals surface area contributed by atoms with Gasteiger partial charge >= 0.3 is 0 Å². The second kappa shape index (κ2) is 13.8. The van der Waals surface area contributed by atoms with Crippen LogP contribution in [0.3, 0.4) is 0 Å². The minimum atomic E-state index is -0.292. The van der Waals surface area contributed by atoms with Crippen LogP contribution in [0.4, 0.5) is 0 Å². The predicted octanol–water partition coefficient (Wildman–Crippen LogP) is 15.5. The molecule has 0 bridgehead atoms. The Morgan fingerprint density at radius 1 is 0.435 bits per heavy atom. The summed E-state index contributed by atoms with van der Waals surface area (Å²) in [7, 11) is 0. The average molecular weight is 890 g/mol. The normalized spacial score (nSPS) is 14.4. The lowest BCUT2D eigenvalue weighted by atomic mass is 9.34. The quantitative estimate of drug-likeness (QED) is 0.128. The lowest BCUT2D eigenvalue weighted by Crippen LogP contribution is -2.57. The molecule has 0 N–H and O–H groups in total. The van der Waals surface area contributed by atoms with Gasteiger partial charge in [0.25, 0.3) is 6.71 Å². The van der Waals surface area contributed by atoms with E-state index in [1.54, 1.807) is 0 Å². The molecule has 0 unspecified atom stereocenters. The smallest absolute Gasteiger partial charge is 0.260 e. The molecule has 0 radical (unpaired) electrons. The maximum absolute atomic E-state index is 7.73. The van der Waals surface area contributed by atoms with Gasteiger partial charge < -0.3 is 14.0 Å². The molecule has 0 amide bonds. The Morgan fingerprint density at radius 3 is 1.58 bits per heavy atom. The van der Waals surface area contributed by atoms with Crippen molar-refractivity contribution in [2.75, 3.05) is 0 Å². The van der Waals surface area contributed by atoms with Gasteiger partial charge in [-0.3, -0.25) is 0 Å². The van der Waals surface area contributed by atoms with E-state index in [2.05, 4.69) is 230 Å². The van der Waals surface area contributed by atoms with E-state index in [-0.39, 0.29) is 23.0 Å². The van der Waals surface area contributed by atoms with Crippen LogP contribution >= 0.6 is 0 Å². The molecule has 11 aromatic rings. The average Bonchev–Trinajstić information content (AvgIpc) is 3.79. The predicted molar refractivity (Wildman–Crippen MR) is 291 cm³/mol. The first-order valence-electron chi connectivity index (χ1n) is 24.6. The number of nitrogens with zero attached hydrogens (tertiary/aromatic N) is 1. The maximum Gasteiger partial charge on any atom is 0.260 e. The summed E-state index contributed by atoms with van der Waals surface area (Å²) in [6.07, 6.45) is 0. The minimum Gasteiger partial charge on any atom is -0.458 e. The number of ether oxygens (including phenoxy) is 2. The van der Waals surface area contributed by atoms with Crippen LogP contribution in [0, 0.1) is 0 Å². The van der Waals surface area contributed by atoms with Crippen molar-refractivity contribution in [2.24, 2.45) is 0 Å². The lowest BCUT2D eigenvalue weighted by molar-refractivity contribution is 0.464. The molecular formula is C65H52BNO2. The zero-order valence-corrected chi connectivity index (χ0v) is 40.5. The molecule has 1 aliphatic carbocycles. The Morgan fingerprint density at radius 2 is 0.971 bits per heavy atom. The molecule has 0 atom stereocenters. The van der Waals surface area contributed by atoms with E-state index in [1.165, 1.54) is 87.5 Å². The van der Waals surface area contributed by atoms with Gasteiger partial charge in [-0.05, 0) is 135 Å². The van der Waals surface area contributed by atoms with Gasteiger partial charge in [-0.15, -0.1) is 0 Å². The summed E-state index contributed by atoms with van der Waals surface area (Å²) in [5.74, 6) is 3.44. The van der Waals surface area contributed by atoms with Crippen molar-refractivity contribution in [1.29, 1.82) is 0 Å². The third kappa shape index (κ3) is 5.63. The van der Waals surface area contributed by atoms with Crippen LogP contribution in [0.5, 0.6) is 23.0 Å². The molecule has 0 fully saturated rings. The van der Waals surface area contributed by atoms with Crippen molar-refractivity contribution in [3.8, 4) is 50.9 Å². The van der Waals surface area contributed by atoms with Crippen LogP contribution in [0.15, 0.2) is 170 Å². The van der Waals surface area contributed by atoms with E-state index in [0.717, 1.165) is 56.2 Å². The Kier molecular flexibility index (Phi) is 8.10. The van der Waals surface area contributed by atoms with Crippen molar-refractivity contribution in [1.82, 2.24) is 4.57 Å². The number of aromatic nitrogens is 1. The molecule has 1 aromatic heterocycles. The Hall–Kier alpha value is -7.56. The first-order valence-corrected chi connectivity index (χ1v) is 24.6. The van der Waals surface area contributed by atoms with E-state index >= 15 is 0 Å². The van der Waals surface area contributed by atoms with E-state index in [9.17, 15) is 0 Å². The van der Waals surface area contributed by atoms with Crippen molar-refractivity contribution in [3.63, 3.8) is 0 Å². The fourth-order valence-electron chi connectivity index (χ4n) is 12.4. The SMILES string of the molecule is CC(C)(C)c1ccc2c(c1)c1cc(C(C)(C)C)ccc1n2-c1c2c(cc3c1-c1ccccc1C3(C)C)B1c3cc4c5ccccc5c5ccccc5c4cc3Oc3cc(-c4ccccc4)cc(c31)O2. The van der Waals surface area contributed by atoms with Crippen LogP contribution < -0.4 is 25.9 Å². The standard InChI is InChI=1S/C65H52BNO2/c1-63(2,3)39-26-28-54-48(32-39)49-33-40(64(4,5)6)27-29-55(49)67(54)61-59-45-24-16-17-25-50(45)65(7,8)51(59)36-53-62(61)69-58-31-38(37-18-10-9-11-19-37)30-57-60(58)66(53)52-34-46-43-22-14-12-20-41(43)42-21-13-15-23-44(42)47(46)35-56(52)68-57/h9-36H,1-8H3. The second-order valence-corrected chi connectivity index (χ2v) is 22.5. The van der Waals surface area contributed by atoms with Crippen molar-refractivity contribution in [3.05, 3.63) is 192 Å². The number of benzene rings is 10. The zero-order chi connectivity index (χ0) is 46.9. The molecule has 0 saturated carbocycles. The maximum atomic E-state index is 7.73. The number of fused-ring (bicyclic) bond motifs is 16. The first kappa shape index (κ1) is 40.5. The molecule has 3 heterocycles. The van der Waals surface area contributed by atoms with Gasteiger partial charge in [0, 0.05) is 27.2 Å². The Bertz CT molecular complexity index is 4000. The second-order valence-electron chi connectivity index (χ2n) is 22.5. The number of hydrogen-bond donors (Lipinski definition) is 0. The first-order chi connectivity index (χ1) is 33.2. The molecule has 14 rings (SSSR count). The summed E-state index contributed by atoms with van der Waals surface area (Å²) in [4.78, 5) is 0. The fourth-order valence-corrected chi connectivity index (χ4v) is 12.4. The molecule has 3 nitrogen and oxygen atoms in total. The zero-order valence-electron chi connectivity index (χ0n) is 40.5. The highest BCUT2D eigenvalue weighted by molar-refractivity contribution is 6.98. The lowest BCUT2D eigenvalue weighted by Gasteiger charge is -2.36. The molecule has 332 valence electrons. The Labute approximate surface area is 404 Å². The van der Waals surface area contributed by atoms with Crippen molar-refractivity contribution in [2.45, 2.75) is 71.6 Å². The molecule has 69 heavy (non-hydrogen) atoms. The van der Waals surface area contributed by atoms with Crippen LogP contribution in [-0.2, 0) is 16.2 Å². The molecule has 0 saturated heterocycles. The number of hydrogen-bond acceptors (Lipinski definition) is 2. The van der Waals surface area contributed by atoms with Gasteiger partial charge in [0.2, 0.25) is 0 Å². The van der Waals surface area contributed by atoms with Crippen molar-refractivity contribution >= 4 is 77.2 Å². The van der Waals surface area contributed by atoms with Gasteiger partial charge in [-0.1, -0.05) is 183 Å². The fraction of sp³-hybridized carbons (Fsp3) is 0.169. The summed E-state index contributed by atoms with van der Waals surface area (Å²) in [5, 5.41) is 9.91. The van der Waals surface area contributed by atoms with Crippen LogP contribution in [0.25, 0.3) is 82.1 Å². The van der Waals surface area contributed by atoms with E-state index < -0.39 is 0 Å². The molecule has 10 aromatic carbocycles. The topological polar surface area (TPSA) is 23.4 Å². The summed E-state index contributed by atoms with van der Waals surface area (Å²) in [6, 6.07) is 63.6. The van der Waals surface area contributed by atoms with Gasteiger partial charge in [-0.2, -0.15) is 0 Å². The highest BCUT2D eigenvalue weighted by atomic mass is 16.5. The van der Waals surface area contributed by atoms with Crippen LogP contribution in [0.1, 0.15) is 77.6 Å². The summed E-state index contributed by atoms with van der Waals surface area (Å²) >= 11 is 0.